The highest BCUT2D eigenvalue weighted by Crippen LogP contribution is 2.70. The van der Waals surface area contributed by atoms with E-state index in [0.717, 1.165) is 5.56 Å². The van der Waals surface area contributed by atoms with Crippen molar-refractivity contribution in [3.8, 4) is 30.0 Å². The Hall–Kier alpha value is -3.35. The third kappa shape index (κ3) is 1.79. The quantitative estimate of drug-likeness (QED) is 0.813. The first-order chi connectivity index (χ1) is 12.4. The zero-order valence-corrected chi connectivity index (χ0v) is 14.5. The van der Waals surface area contributed by atoms with Gasteiger partial charge in [0, 0.05) is 11.8 Å². The van der Waals surface area contributed by atoms with Gasteiger partial charge in [0.25, 0.3) is 0 Å². The van der Waals surface area contributed by atoms with Crippen molar-refractivity contribution in [2.45, 2.75) is 25.7 Å². The topological polar surface area (TPSA) is 121 Å². The summed E-state index contributed by atoms with van der Waals surface area (Å²) in [6.45, 7) is 1.67. The molecule has 1 aromatic carbocycles. The molecule has 3 fully saturated rings. The number of carbonyl (C=O) groups excluding carboxylic acids is 1. The fourth-order valence-corrected chi connectivity index (χ4v) is 4.90. The van der Waals surface area contributed by atoms with Crippen LogP contribution in [0.25, 0.3) is 0 Å². The van der Waals surface area contributed by atoms with Crippen LogP contribution < -0.4 is 4.74 Å². The van der Waals surface area contributed by atoms with E-state index in [1.54, 1.807) is 38.3 Å². The number of hydrogen-bond acceptors (Lipinski definition) is 6. The molecular formula is C20H16N4O2. The van der Waals surface area contributed by atoms with E-state index in [9.17, 15) is 25.8 Å². The first-order valence-electron chi connectivity index (χ1n) is 8.20. The first kappa shape index (κ1) is 17.5. The summed E-state index contributed by atoms with van der Waals surface area (Å²) in [4.78, 5) is 12.9. The fourth-order valence-electron chi connectivity index (χ4n) is 4.90. The molecule has 3 aliphatic carbocycles. The van der Waals surface area contributed by atoms with Gasteiger partial charge in [-0.05, 0) is 30.0 Å². The fraction of sp³-hybridized carbons (Fsp3) is 0.450. The van der Waals surface area contributed by atoms with Gasteiger partial charge in [-0.25, -0.2) is 0 Å². The summed E-state index contributed by atoms with van der Waals surface area (Å²) in [6.07, 6.45) is 0.415. The van der Waals surface area contributed by atoms with Gasteiger partial charge >= 0.3 is 0 Å². The average molecular weight is 344 g/mol. The maximum absolute atomic E-state index is 12.9. The molecule has 3 atom stereocenters. The van der Waals surface area contributed by atoms with E-state index in [1.807, 2.05) is 24.3 Å². The Morgan fingerprint density at radius 3 is 2.08 bits per heavy atom. The number of carbonyl (C=O) groups is 1. The van der Waals surface area contributed by atoms with Crippen LogP contribution >= 0.6 is 0 Å². The SMILES string of the molecule is COc1ccc([C@@H]2C[C@@]3(C)CC(=O)[C@H]2C(C#N)(C#N)C3(C#N)C#N)cc1. The highest BCUT2D eigenvalue weighted by atomic mass is 16.5. The van der Waals surface area contributed by atoms with Gasteiger partial charge in [0.05, 0.1) is 37.3 Å². The average Bonchev–Trinajstić information content (AvgIpc) is 2.66. The third-order valence-electron chi connectivity index (χ3n) is 6.18. The summed E-state index contributed by atoms with van der Waals surface area (Å²) < 4.78 is 5.15. The Kier molecular flexibility index (Phi) is 3.75. The summed E-state index contributed by atoms with van der Waals surface area (Å²) >= 11 is 0. The van der Waals surface area contributed by atoms with E-state index in [4.69, 9.17) is 4.74 Å². The van der Waals surface area contributed by atoms with Crippen LogP contribution in [0.5, 0.6) is 5.75 Å². The van der Waals surface area contributed by atoms with Crippen LogP contribution in [0.3, 0.4) is 0 Å². The lowest BCUT2D eigenvalue weighted by molar-refractivity contribution is -0.153. The van der Waals surface area contributed by atoms with Gasteiger partial charge in [-0.3, -0.25) is 4.79 Å². The second kappa shape index (κ2) is 5.59. The number of fused-ring (bicyclic) bond motifs is 3. The van der Waals surface area contributed by atoms with Crippen molar-refractivity contribution < 1.29 is 9.53 Å². The summed E-state index contributed by atoms with van der Waals surface area (Å²) in [5, 5.41) is 39.5. The Morgan fingerprint density at radius 1 is 1.04 bits per heavy atom. The van der Waals surface area contributed by atoms with E-state index >= 15 is 0 Å². The monoisotopic (exact) mass is 344 g/mol. The highest BCUT2D eigenvalue weighted by Gasteiger charge is 2.77. The zero-order chi connectivity index (χ0) is 19.2. The second-order valence-corrected chi connectivity index (χ2v) is 7.27. The normalized spacial score (nSPS) is 30.3. The minimum atomic E-state index is -2.00. The molecule has 0 radical (unpaired) electrons. The molecule has 4 rings (SSSR count). The lowest BCUT2D eigenvalue weighted by atomic mass is 9.35. The molecule has 26 heavy (non-hydrogen) atoms. The van der Waals surface area contributed by atoms with Crippen LogP contribution in [0.15, 0.2) is 24.3 Å². The molecule has 3 aliphatic rings. The number of methoxy groups -OCH3 is 1. The summed E-state index contributed by atoms with van der Waals surface area (Å²) in [5.41, 5.74) is -4.11. The highest BCUT2D eigenvalue weighted by molar-refractivity contribution is 5.88. The minimum Gasteiger partial charge on any atom is -0.497 e. The predicted octanol–water partition coefficient (Wildman–Crippen LogP) is 2.84. The van der Waals surface area contributed by atoms with Gasteiger partial charge in [0.1, 0.15) is 11.5 Å². The van der Waals surface area contributed by atoms with Crippen LogP contribution in [0.2, 0.25) is 0 Å². The lowest BCUT2D eigenvalue weighted by Gasteiger charge is -2.59. The molecule has 6 heteroatoms. The number of nitrogens with zero attached hydrogens (tertiary/aromatic N) is 4. The Bertz CT molecular complexity index is 910. The predicted molar refractivity (Wildman–Crippen MR) is 88.9 cm³/mol. The number of benzene rings is 1. The van der Waals surface area contributed by atoms with E-state index in [-0.39, 0.29) is 12.2 Å². The van der Waals surface area contributed by atoms with Gasteiger partial charge < -0.3 is 4.74 Å². The number of ketones is 1. The summed E-state index contributed by atoms with van der Waals surface area (Å²) in [7, 11) is 1.55. The Balaban J connectivity index is 2.25. The molecule has 0 aliphatic heterocycles. The van der Waals surface area contributed by atoms with E-state index in [2.05, 4.69) is 0 Å². The summed E-state index contributed by atoms with van der Waals surface area (Å²) in [5.74, 6) is -0.987. The van der Waals surface area contributed by atoms with Crippen LogP contribution in [0.1, 0.15) is 31.2 Å². The Morgan fingerprint density at radius 2 is 1.62 bits per heavy atom. The molecule has 0 heterocycles. The maximum atomic E-state index is 12.9. The number of hydrogen-bond donors (Lipinski definition) is 0. The first-order valence-corrected chi connectivity index (χ1v) is 8.20. The molecule has 3 saturated carbocycles. The van der Waals surface area contributed by atoms with Crippen molar-refractivity contribution in [1.82, 2.24) is 0 Å². The number of Topliss-reactive ketones (excluding diaryl/α,β-unsaturated/α-hetero) is 1. The van der Waals surface area contributed by atoms with Crippen molar-refractivity contribution in [2.24, 2.45) is 22.2 Å². The summed E-state index contributed by atoms with van der Waals surface area (Å²) in [6, 6.07) is 14.9. The molecule has 0 saturated heterocycles. The van der Waals surface area contributed by atoms with Crippen LogP contribution in [0, 0.1) is 67.5 Å². The van der Waals surface area contributed by atoms with Crippen molar-refractivity contribution in [3.05, 3.63) is 29.8 Å². The van der Waals surface area contributed by atoms with Crippen LogP contribution in [0.4, 0.5) is 0 Å². The molecule has 6 nitrogen and oxygen atoms in total. The van der Waals surface area contributed by atoms with Gasteiger partial charge in [-0.1, -0.05) is 19.1 Å². The number of rotatable bonds is 2. The molecule has 0 N–H and O–H groups in total. The maximum Gasteiger partial charge on any atom is 0.186 e. The van der Waals surface area contributed by atoms with Crippen LogP contribution in [-0.4, -0.2) is 12.9 Å². The Labute approximate surface area is 151 Å². The van der Waals surface area contributed by atoms with E-state index in [1.165, 1.54) is 0 Å². The van der Waals surface area contributed by atoms with E-state index < -0.39 is 28.1 Å². The number of nitriles is 4. The molecule has 0 amide bonds. The zero-order valence-electron chi connectivity index (χ0n) is 14.5. The van der Waals surface area contributed by atoms with Crippen molar-refractivity contribution >= 4 is 5.78 Å². The number of ether oxygens (including phenoxy) is 1. The van der Waals surface area contributed by atoms with Crippen molar-refractivity contribution in [3.63, 3.8) is 0 Å². The van der Waals surface area contributed by atoms with Crippen molar-refractivity contribution in [2.75, 3.05) is 7.11 Å². The molecule has 2 bridgehead atoms. The minimum absolute atomic E-state index is 0.0244. The van der Waals surface area contributed by atoms with Crippen LogP contribution in [-0.2, 0) is 4.79 Å². The van der Waals surface area contributed by atoms with Crippen molar-refractivity contribution in [1.29, 1.82) is 21.0 Å². The molecule has 1 aromatic rings. The lowest BCUT2D eigenvalue weighted by Crippen LogP contribution is -2.66. The molecule has 0 unspecified atom stereocenters. The van der Waals surface area contributed by atoms with E-state index in [0.29, 0.717) is 12.2 Å². The second-order valence-electron chi connectivity index (χ2n) is 7.27. The smallest absolute Gasteiger partial charge is 0.186 e. The van der Waals surface area contributed by atoms with Gasteiger partial charge in [-0.2, -0.15) is 21.0 Å². The van der Waals surface area contributed by atoms with Gasteiger partial charge in [-0.15, -0.1) is 0 Å². The van der Waals surface area contributed by atoms with Gasteiger partial charge in [0.15, 0.2) is 10.8 Å². The molecular weight excluding hydrogens is 328 g/mol. The largest absolute Gasteiger partial charge is 0.497 e. The molecule has 0 aromatic heterocycles. The molecule has 128 valence electrons. The van der Waals surface area contributed by atoms with Gasteiger partial charge in [0.2, 0.25) is 0 Å². The third-order valence-corrected chi connectivity index (χ3v) is 6.18. The standard InChI is InChI=1S/C20H16N4O2/c1-18-7-15(13-3-5-14(26-2)6-4-13)17(16(25)8-18)19(9-21,10-22)20(18,11-23)12-24/h3-6,15,17H,7-8H2,1-2H3/t15-,17-,18-/m0/s1. The molecule has 0 spiro atoms.